The average molecular weight is 485 g/mol. The number of nitroso groups, excluding NO2 is 1. The summed E-state index contributed by atoms with van der Waals surface area (Å²) in [5.41, 5.74) is 2.65. The van der Waals surface area contributed by atoms with E-state index in [1.807, 2.05) is 49.4 Å². The van der Waals surface area contributed by atoms with E-state index in [4.69, 9.17) is 14.2 Å². The van der Waals surface area contributed by atoms with Gasteiger partial charge in [-0.25, -0.2) is 4.79 Å². The highest BCUT2D eigenvalue weighted by Crippen LogP contribution is 2.43. The summed E-state index contributed by atoms with van der Waals surface area (Å²) in [5.74, 6) is 0.612. The molecule has 4 rings (SSSR count). The molecule has 0 radical (unpaired) electrons. The number of hydrogen-bond acceptors (Lipinski definition) is 8. The number of thiazole rings is 1. The van der Waals surface area contributed by atoms with Crippen LogP contribution in [-0.4, -0.2) is 37.0 Å². The van der Waals surface area contributed by atoms with Crippen LogP contribution in [-0.2, 0) is 27.2 Å². The molecule has 9 heteroatoms. The Labute approximate surface area is 201 Å². The Morgan fingerprint density at radius 3 is 2.62 bits per heavy atom. The molecule has 0 N–H and O–H groups in total. The number of rotatable bonds is 12. The molecule has 8 nitrogen and oxygen atoms in total. The van der Waals surface area contributed by atoms with E-state index in [1.54, 1.807) is 4.57 Å². The van der Waals surface area contributed by atoms with Crippen molar-refractivity contribution in [1.82, 2.24) is 4.57 Å². The summed E-state index contributed by atoms with van der Waals surface area (Å²) in [5, 5.41) is 3.30. The highest BCUT2D eigenvalue weighted by atomic mass is 32.1. The third kappa shape index (κ3) is 5.53. The highest BCUT2D eigenvalue weighted by molar-refractivity contribution is 7.16. The van der Waals surface area contributed by atoms with Crippen molar-refractivity contribution in [3.05, 3.63) is 68.2 Å². The second-order valence-corrected chi connectivity index (χ2v) is 9.29. The molecule has 180 valence electrons. The summed E-state index contributed by atoms with van der Waals surface area (Å²) in [6, 6.07) is 12.8. The topological polar surface area (TPSA) is 96.2 Å². The van der Waals surface area contributed by atoms with E-state index in [-0.39, 0.29) is 10.9 Å². The summed E-state index contributed by atoms with van der Waals surface area (Å²) < 4.78 is 18.7. The van der Waals surface area contributed by atoms with Gasteiger partial charge in [0.2, 0.25) is 0 Å². The predicted octanol–water partition coefficient (Wildman–Crippen LogP) is 4.48. The minimum atomic E-state index is -0.636. The Morgan fingerprint density at radius 1 is 1.21 bits per heavy atom. The van der Waals surface area contributed by atoms with Gasteiger partial charge in [0.05, 0.1) is 23.9 Å². The van der Waals surface area contributed by atoms with Gasteiger partial charge >= 0.3 is 10.8 Å². The molecule has 1 aliphatic carbocycles. The third-order valence-electron chi connectivity index (χ3n) is 5.98. The molecule has 0 amide bonds. The second kappa shape index (κ2) is 10.9. The van der Waals surface area contributed by atoms with Crippen molar-refractivity contribution in [3.63, 3.8) is 0 Å². The first-order valence-corrected chi connectivity index (χ1v) is 12.2. The number of methoxy groups -OCH3 is 1. The summed E-state index contributed by atoms with van der Waals surface area (Å²) in [4.78, 5) is 35.6. The molecule has 2 unspecified atom stereocenters. The lowest BCUT2D eigenvalue weighted by Gasteiger charge is -2.15. The van der Waals surface area contributed by atoms with Crippen LogP contribution >= 0.6 is 11.3 Å². The van der Waals surface area contributed by atoms with Crippen LogP contribution in [0.3, 0.4) is 0 Å². The summed E-state index contributed by atoms with van der Waals surface area (Å²) in [6.07, 6.45) is 1.84. The van der Waals surface area contributed by atoms with Gasteiger partial charge in [-0.3, -0.25) is 9.36 Å². The van der Waals surface area contributed by atoms with Crippen molar-refractivity contribution in [1.29, 1.82) is 0 Å². The maximum absolute atomic E-state index is 12.5. The van der Waals surface area contributed by atoms with Crippen LogP contribution in [0.25, 0.3) is 10.2 Å². The largest absolute Gasteiger partial charge is 0.492 e. The van der Waals surface area contributed by atoms with E-state index in [0.29, 0.717) is 37.8 Å². The van der Waals surface area contributed by atoms with E-state index >= 15 is 0 Å². The van der Waals surface area contributed by atoms with E-state index in [0.717, 1.165) is 34.2 Å². The number of fused-ring (bicyclic) bond motifs is 1. The highest BCUT2D eigenvalue weighted by Gasteiger charge is 2.33. The first kappa shape index (κ1) is 24.1. The zero-order valence-corrected chi connectivity index (χ0v) is 20.1. The third-order valence-corrected chi connectivity index (χ3v) is 6.92. The van der Waals surface area contributed by atoms with Crippen molar-refractivity contribution >= 4 is 27.5 Å². The van der Waals surface area contributed by atoms with Gasteiger partial charge in [0.15, 0.2) is 6.10 Å². The Morgan fingerprint density at radius 2 is 1.97 bits per heavy atom. The van der Waals surface area contributed by atoms with Crippen LogP contribution in [0.5, 0.6) is 5.75 Å². The van der Waals surface area contributed by atoms with Crippen LogP contribution < -0.4 is 9.61 Å². The van der Waals surface area contributed by atoms with Crippen molar-refractivity contribution in [2.45, 2.75) is 44.9 Å². The van der Waals surface area contributed by atoms with Crippen LogP contribution in [0.4, 0.5) is 0 Å². The first-order chi connectivity index (χ1) is 16.5. The fourth-order valence-electron chi connectivity index (χ4n) is 4.04. The maximum Gasteiger partial charge on any atom is 0.335 e. The molecular formula is C25H28N2O6S. The van der Waals surface area contributed by atoms with Crippen molar-refractivity contribution in [3.8, 4) is 5.75 Å². The molecule has 1 fully saturated rings. The van der Waals surface area contributed by atoms with E-state index in [9.17, 15) is 14.5 Å². The van der Waals surface area contributed by atoms with Gasteiger partial charge in [0.1, 0.15) is 18.4 Å². The fraction of sp³-hybridized carbons (Fsp3) is 0.440. The fourth-order valence-corrected chi connectivity index (χ4v) is 5.01. The molecule has 2 atom stereocenters. The van der Waals surface area contributed by atoms with Crippen LogP contribution in [0, 0.1) is 10.8 Å². The SMILES string of the molecule is CCOC(Cc1ccc(OCCn2c(=O)sc3cc(C(N=O)C4CC4)ccc32)cc1)C(=O)OC. The Balaban J connectivity index is 1.37. The molecule has 1 saturated carbocycles. The molecule has 1 aliphatic rings. The van der Waals surface area contributed by atoms with Crippen molar-refractivity contribution in [2.75, 3.05) is 20.3 Å². The standard InChI is InChI=1S/C25H28N2O6S/c1-3-32-21(24(28)31-2)14-16-4-9-19(10-5-16)33-13-12-27-20-11-8-18(15-22(20)34-25(27)29)23(26-30)17-6-7-17/h4-5,8-11,15,17,21,23H,3,6-7,12-14H2,1-2H3. The summed E-state index contributed by atoms with van der Waals surface area (Å²) in [6.45, 7) is 3.00. The van der Waals surface area contributed by atoms with Crippen LogP contribution in [0.15, 0.2) is 52.4 Å². The van der Waals surface area contributed by atoms with Crippen LogP contribution in [0.1, 0.15) is 36.9 Å². The molecule has 1 heterocycles. The number of hydrogen-bond donors (Lipinski definition) is 0. The number of ether oxygens (including phenoxy) is 3. The molecule has 0 bridgehead atoms. The quantitative estimate of drug-likeness (QED) is 0.278. The maximum atomic E-state index is 12.5. The molecule has 34 heavy (non-hydrogen) atoms. The van der Waals surface area contributed by atoms with Gasteiger partial charge in [-0.05, 0) is 61.1 Å². The van der Waals surface area contributed by atoms with Gasteiger partial charge < -0.3 is 14.2 Å². The normalized spacial score (nSPS) is 15.1. The minimum absolute atomic E-state index is 0.0575. The van der Waals surface area contributed by atoms with E-state index in [2.05, 4.69) is 5.18 Å². The van der Waals surface area contributed by atoms with Crippen molar-refractivity contribution in [2.24, 2.45) is 11.1 Å². The summed E-state index contributed by atoms with van der Waals surface area (Å²) in [7, 11) is 1.35. The molecule has 3 aromatic rings. The average Bonchev–Trinajstić information content (AvgIpc) is 3.63. The lowest BCUT2D eigenvalue weighted by molar-refractivity contribution is -0.153. The number of esters is 1. The zero-order chi connectivity index (χ0) is 24.1. The lowest BCUT2D eigenvalue weighted by Crippen LogP contribution is -2.28. The number of nitrogens with zero attached hydrogens (tertiary/aromatic N) is 2. The zero-order valence-electron chi connectivity index (χ0n) is 19.3. The second-order valence-electron chi connectivity index (χ2n) is 8.30. The molecule has 2 aromatic carbocycles. The Bertz CT molecular complexity index is 1200. The smallest absolute Gasteiger partial charge is 0.335 e. The van der Waals surface area contributed by atoms with Gasteiger partial charge in [-0.2, -0.15) is 4.91 Å². The minimum Gasteiger partial charge on any atom is -0.492 e. The van der Waals surface area contributed by atoms with E-state index in [1.165, 1.54) is 18.4 Å². The Hall–Kier alpha value is -3.04. The number of aromatic nitrogens is 1. The number of benzene rings is 2. The molecule has 0 aliphatic heterocycles. The van der Waals surface area contributed by atoms with Gasteiger partial charge in [-0.1, -0.05) is 34.7 Å². The van der Waals surface area contributed by atoms with Crippen LogP contribution in [0.2, 0.25) is 0 Å². The molecule has 0 spiro atoms. The number of carbonyl (C=O) groups excluding carboxylic acids is 1. The Kier molecular flexibility index (Phi) is 7.74. The van der Waals surface area contributed by atoms with Crippen molar-refractivity contribution < 1.29 is 19.0 Å². The van der Waals surface area contributed by atoms with E-state index < -0.39 is 12.1 Å². The van der Waals surface area contributed by atoms with Gasteiger partial charge in [-0.15, -0.1) is 0 Å². The van der Waals surface area contributed by atoms with Gasteiger partial charge in [0, 0.05) is 13.0 Å². The first-order valence-electron chi connectivity index (χ1n) is 11.4. The monoisotopic (exact) mass is 484 g/mol. The predicted molar refractivity (Wildman–Crippen MR) is 130 cm³/mol. The van der Waals surface area contributed by atoms with Gasteiger partial charge in [0.25, 0.3) is 0 Å². The molecular weight excluding hydrogens is 456 g/mol. The lowest BCUT2D eigenvalue weighted by atomic mass is 10.0. The number of carbonyl (C=O) groups is 1. The summed E-state index contributed by atoms with van der Waals surface area (Å²) >= 11 is 1.17. The molecule has 1 aromatic heterocycles. The molecule has 0 saturated heterocycles.